The van der Waals surface area contributed by atoms with Crippen LogP contribution in [0.15, 0.2) is 0 Å². The molecule has 0 amide bonds. The maximum atomic E-state index is 8.25. The van der Waals surface area contributed by atoms with Gasteiger partial charge in [-0.3, -0.25) is 5.32 Å². The second-order valence-electron chi connectivity index (χ2n) is 1.30. The molecule has 0 aliphatic heterocycles. The first-order valence-corrected chi connectivity index (χ1v) is 3.32. The summed E-state index contributed by atoms with van der Waals surface area (Å²) in [5.74, 6) is 0.363. The van der Waals surface area contributed by atoms with Gasteiger partial charge in [0.25, 0.3) is 0 Å². The number of hydrogen-bond acceptors (Lipinski definition) is 2. The van der Waals surface area contributed by atoms with Gasteiger partial charge in [0.1, 0.15) is 0 Å². The predicted molar refractivity (Wildman–Crippen MR) is 35.4 cm³/mol. The van der Waals surface area contributed by atoms with Crippen molar-refractivity contribution in [2.75, 3.05) is 19.0 Å². The Balaban J connectivity index is 2.86. The molecule has 1 unspecified atom stereocenters. The van der Waals surface area contributed by atoms with Crippen molar-refractivity contribution in [3.8, 4) is 0 Å². The van der Waals surface area contributed by atoms with Gasteiger partial charge in [-0.25, -0.2) is 0 Å². The Morgan fingerprint density at radius 2 is 2.25 bits per heavy atom. The molecule has 1 atom stereocenters. The van der Waals surface area contributed by atoms with Gasteiger partial charge >= 0.3 is 0 Å². The van der Waals surface area contributed by atoms with Crippen LogP contribution in [0.4, 0.5) is 0 Å². The maximum absolute atomic E-state index is 8.25. The van der Waals surface area contributed by atoms with E-state index in [2.05, 4.69) is 5.32 Å². The number of halogens is 2. The van der Waals surface area contributed by atoms with Crippen molar-refractivity contribution in [2.45, 2.75) is 5.50 Å². The fourth-order valence-corrected chi connectivity index (χ4v) is 0.494. The first kappa shape index (κ1) is 8.50. The number of alkyl halides is 2. The largest absolute Gasteiger partial charge is 0.395 e. The molecule has 0 fully saturated rings. The van der Waals surface area contributed by atoms with Crippen molar-refractivity contribution in [3.05, 3.63) is 0 Å². The highest BCUT2D eigenvalue weighted by molar-refractivity contribution is 6.27. The van der Waals surface area contributed by atoms with Crippen LogP contribution in [0.2, 0.25) is 0 Å². The molecule has 0 saturated heterocycles. The van der Waals surface area contributed by atoms with E-state index >= 15 is 0 Å². The lowest BCUT2D eigenvalue weighted by molar-refractivity contribution is 0.292. The van der Waals surface area contributed by atoms with Gasteiger partial charge in [-0.05, 0) is 0 Å². The minimum Gasteiger partial charge on any atom is -0.395 e. The van der Waals surface area contributed by atoms with E-state index in [-0.39, 0.29) is 12.1 Å². The van der Waals surface area contributed by atoms with Crippen LogP contribution in [-0.2, 0) is 0 Å². The van der Waals surface area contributed by atoms with E-state index < -0.39 is 0 Å². The number of rotatable bonds is 4. The molecule has 0 aliphatic carbocycles. The Morgan fingerprint density at radius 3 is 2.62 bits per heavy atom. The first-order valence-electron chi connectivity index (χ1n) is 2.35. The van der Waals surface area contributed by atoms with E-state index in [1.807, 2.05) is 0 Å². The Labute approximate surface area is 58.8 Å². The van der Waals surface area contributed by atoms with Gasteiger partial charge in [-0.15, -0.1) is 23.2 Å². The Morgan fingerprint density at radius 1 is 1.62 bits per heavy atom. The van der Waals surface area contributed by atoms with E-state index in [0.717, 1.165) is 0 Å². The van der Waals surface area contributed by atoms with Crippen LogP contribution >= 0.6 is 23.2 Å². The van der Waals surface area contributed by atoms with Crippen LogP contribution in [0, 0.1) is 0 Å². The summed E-state index contributed by atoms with van der Waals surface area (Å²) < 4.78 is 0. The van der Waals surface area contributed by atoms with Gasteiger partial charge in [0.15, 0.2) is 0 Å². The van der Waals surface area contributed by atoms with Crippen LogP contribution < -0.4 is 5.32 Å². The molecule has 2 nitrogen and oxygen atoms in total. The molecule has 0 saturated carbocycles. The van der Waals surface area contributed by atoms with Crippen LogP contribution in [0.5, 0.6) is 0 Å². The molecule has 0 aliphatic rings. The summed E-state index contributed by atoms with van der Waals surface area (Å²) in [6.07, 6.45) is 0. The van der Waals surface area contributed by atoms with E-state index in [4.69, 9.17) is 28.3 Å². The molecule has 0 rings (SSSR count). The summed E-state index contributed by atoms with van der Waals surface area (Å²) in [6.45, 7) is 0.598. The Hall–Kier alpha value is 0.500. The fraction of sp³-hybridized carbons (Fsp3) is 1.00. The molecule has 0 spiro atoms. The summed E-state index contributed by atoms with van der Waals surface area (Å²) in [4.78, 5) is 0. The summed E-state index contributed by atoms with van der Waals surface area (Å²) in [5.41, 5.74) is -0.219. The highest BCUT2D eigenvalue weighted by atomic mass is 35.5. The van der Waals surface area contributed by atoms with E-state index in [1.165, 1.54) is 0 Å². The average molecular weight is 158 g/mol. The second-order valence-corrected chi connectivity index (χ2v) is 2.14. The van der Waals surface area contributed by atoms with Crippen LogP contribution in [0.3, 0.4) is 0 Å². The van der Waals surface area contributed by atoms with Crippen molar-refractivity contribution in [1.82, 2.24) is 5.32 Å². The molecule has 0 bridgehead atoms. The monoisotopic (exact) mass is 157 g/mol. The smallest absolute Gasteiger partial charge is 0.0963 e. The lowest BCUT2D eigenvalue weighted by Crippen LogP contribution is -2.27. The average Bonchev–Trinajstić information content (AvgIpc) is 1.83. The molecule has 0 aromatic heterocycles. The zero-order valence-corrected chi connectivity index (χ0v) is 5.91. The normalized spacial score (nSPS) is 13.9. The Bertz CT molecular complexity index is 53.3. The maximum Gasteiger partial charge on any atom is 0.0963 e. The lowest BCUT2D eigenvalue weighted by atomic mass is 10.6. The van der Waals surface area contributed by atoms with Crippen LogP contribution in [0.25, 0.3) is 0 Å². The van der Waals surface area contributed by atoms with Gasteiger partial charge in [0.2, 0.25) is 0 Å². The summed E-state index contributed by atoms with van der Waals surface area (Å²) in [5, 5.41) is 11.0. The van der Waals surface area contributed by atoms with E-state index in [0.29, 0.717) is 12.4 Å². The Kier molecular flexibility index (Phi) is 5.99. The first-order chi connectivity index (χ1) is 3.81. The molecule has 2 N–H and O–H groups in total. The molecule has 50 valence electrons. The zero-order valence-electron chi connectivity index (χ0n) is 4.40. The number of hydrogen-bond donors (Lipinski definition) is 2. The fourth-order valence-electron chi connectivity index (χ4n) is 0.276. The van der Waals surface area contributed by atoms with Crippen LogP contribution in [-0.4, -0.2) is 29.6 Å². The van der Waals surface area contributed by atoms with E-state index in [9.17, 15) is 0 Å². The molecule has 4 heteroatoms. The summed E-state index contributed by atoms with van der Waals surface area (Å²) in [7, 11) is 0. The van der Waals surface area contributed by atoms with Gasteiger partial charge < -0.3 is 5.11 Å². The van der Waals surface area contributed by atoms with Crippen molar-refractivity contribution < 1.29 is 5.11 Å². The highest BCUT2D eigenvalue weighted by Gasteiger charge is 1.96. The third-order valence-electron chi connectivity index (χ3n) is 0.613. The zero-order chi connectivity index (χ0) is 6.41. The number of aliphatic hydroxyl groups excluding tert-OH is 1. The SMILES string of the molecule is OCCNC(Cl)CCl. The van der Waals surface area contributed by atoms with Gasteiger partial charge in [-0.2, -0.15) is 0 Å². The molecular weight excluding hydrogens is 149 g/mol. The molecule has 8 heavy (non-hydrogen) atoms. The third kappa shape index (κ3) is 4.65. The minimum atomic E-state index is -0.219. The van der Waals surface area contributed by atoms with Gasteiger partial charge in [-0.1, -0.05) is 0 Å². The number of nitrogens with one attached hydrogen (secondary N) is 1. The summed E-state index contributed by atoms with van der Waals surface area (Å²) in [6, 6.07) is 0. The number of aliphatic hydroxyl groups is 1. The second kappa shape index (κ2) is 5.63. The molecular formula is C4H9Cl2NO. The summed E-state index contributed by atoms with van der Waals surface area (Å²) >= 11 is 10.8. The van der Waals surface area contributed by atoms with Crippen molar-refractivity contribution in [2.24, 2.45) is 0 Å². The minimum absolute atomic E-state index is 0.0973. The lowest BCUT2D eigenvalue weighted by Gasteiger charge is -2.04. The topological polar surface area (TPSA) is 32.3 Å². The molecule has 0 aromatic rings. The van der Waals surface area contributed by atoms with E-state index in [1.54, 1.807) is 0 Å². The van der Waals surface area contributed by atoms with Crippen molar-refractivity contribution >= 4 is 23.2 Å². The van der Waals surface area contributed by atoms with Gasteiger partial charge in [0, 0.05) is 6.54 Å². The van der Waals surface area contributed by atoms with Crippen molar-refractivity contribution in [1.29, 1.82) is 0 Å². The van der Waals surface area contributed by atoms with Gasteiger partial charge in [0.05, 0.1) is 18.0 Å². The van der Waals surface area contributed by atoms with Crippen LogP contribution in [0.1, 0.15) is 0 Å². The quantitative estimate of drug-likeness (QED) is 0.457. The standard InChI is InChI=1S/C4H9Cl2NO/c5-3-4(6)7-1-2-8/h4,7-8H,1-3H2. The molecule has 0 aromatic carbocycles. The predicted octanol–water partition coefficient (Wildman–Crippen LogP) is 0.372. The highest BCUT2D eigenvalue weighted by Crippen LogP contribution is 1.91. The molecule has 0 radical (unpaired) electrons. The molecule has 0 heterocycles. The third-order valence-corrected chi connectivity index (χ3v) is 1.39. The van der Waals surface area contributed by atoms with Crippen molar-refractivity contribution in [3.63, 3.8) is 0 Å².